The molecule has 0 amide bonds. The molecular weight excluding hydrogens is 959 g/mol. The molecule has 9 saturated carbocycles. The van der Waals surface area contributed by atoms with Crippen molar-refractivity contribution in [3.8, 4) is 23.7 Å². The summed E-state index contributed by atoms with van der Waals surface area (Å²) in [6.07, 6.45) is 20.7. The molecule has 0 saturated heterocycles. The number of hydrogen-bond acceptors (Lipinski definition) is 9. The third kappa shape index (κ3) is 6.49. The lowest BCUT2D eigenvalue weighted by Gasteiger charge is -2.75. The van der Waals surface area contributed by atoms with E-state index in [0.717, 1.165) is 60.7 Å². The number of esters is 1. The molecule has 2 aromatic carbocycles. The number of ether oxygens (including phenoxy) is 1. The minimum absolute atomic E-state index is 0.119. The highest BCUT2D eigenvalue weighted by molar-refractivity contribution is 5.86. The zero-order chi connectivity index (χ0) is 52.4. The second kappa shape index (κ2) is 17.7. The largest absolute Gasteiger partial charge is 0.454 e. The van der Waals surface area contributed by atoms with Crippen molar-refractivity contribution in [2.75, 3.05) is 7.05 Å². The number of likely N-dealkylation sites (N-methyl/N-ethyl adjacent to an activating group) is 1. The number of carbonyl (C=O) groups is 2. The van der Waals surface area contributed by atoms with Gasteiger partial charge in [0.15, 0.2) is 0 Å². The number of nitrogens with one attached hydrogen (secondary N) is 1. The van der Waals surface area contributed by atoms with Crippen molar-refractivity contribution in [1.82, 2.24) is 5.32 Å². The lowest BCUT2D eigenvalue weighted by Crippen LogP contribution is -2.83. The third-order valence-corrected chi connectivity index (χ3v) is 26.3. The molecule has 14 aliphatic rings. The minimum atomic E-state index is -1.88. The fourth-order valence-corrected chi connectivity index (χ4v) is 23.8. The second-order valence-corrected chi connectivity index (χ2v) is 28.2. The highest BCUT2D eigenvalue weighted by atomic mass is 16.5. The van der Waals surface area contributed by atoms with Crippen molar-refractivity contribution >= 4 is 12.3 Å². The molecule has 0 aromatic heterocycles. The molecule has 2 aromatic rings. The Balaban J connectivity index is 0.966. The van der Waals surface area contributed by atoms with Crippen molar-refractivity contribution in [3.05, 3.63) is 94.6 Å². The van der Waals surface area contributed by atoms with E-state index >= 15 is 15.0 Å². The Bertz CT molecular complexity index is 2940. The SMILES string of the molecule is CNC1Cc2c(cccc2CO)C#CCCC23CC4C#CCC5C(c6ccccc6)CCC6C5CCC65CC6(C=O)C4C(O)(CC4CC7C(C=CCC7C7CCCC7)CC(C5O)C46O)C2(O)CC2CC1C1OC(=O)C=C1C23. The van der Waals surface area contributed by atoms with Crippen molar-refractivity contribution in [2.45, 2.75) is 176 Å². The van der Waals surface area contributed by atoms with Crippen LogP contribution in [0.25, 0.3) is 0 Å². The van der Waals surface area contributed by atoms with Crippen molar-refractivity contribution in [2.24, 2.45) is 99.1 Å². The van der Waals surface area contributed by atoms with Gasteiger partial charge in [-0.2, -0.15) is 0 Å². The summed E-state index contributed by atoms with van der Waals surface area (Å²) in [6, 6.07) is 16.7. The van der Waals surface area contributed by atoms with Crippen LogP contribution in [0.1, 0.15) is 150 Å². The Hall–Kier alpha value is -4.06. The molecule has 6 N–H and O–H groups in total. The van der Waals surface area contributed by atoms with Crippen LogP contribution < -0.4 is 5.32 Å². The summed E-state index contributed by atoms with van der Waals surface area (Å²) >= 11 is 0. The van der Waals surface area contributed by atoms with Crippen LogP contribution in [-0.4, -0.2) is 79.9 Å². The quantitative estimate of drug-likeness (QED) is 0.0747. The summed E-state index contributed by atoms with van der Waals surface area (Å²) in [6.45, 7) is -0.119. The number of aldehydes is 1. The first-order valence-electron chi connectivity index (χ1n) is 30.7. The van der Waals surface area contributed by atoms with Gasteiger partial charge in [-0.3, -0.25) is 0 Å². The van der Waals surface area contributed by atoms with Crippen molar-refractivity contribution in [1.29, 1.82) is 0 Å². The number of carbonyl (C=O) groups excluding carboxylic acids is 2. The lowest BCUT2D eigenvalue weighted by atomic mass is 9.31. The first-order valence-corrected chi connectivity index (χ1v) is 30.7. The van der Waals surface area contributed by atoms with E-state index in [2.05, 4.69) is 71.5 Å². The molecule has 77 heavy (non-hydrogen) atoms. The summed E-state index contributed by atoms with van der Waals surface area (Å²) in [5.41, 5.74) is -3.59. The maximum Gasteiger partial charge on any atom is 0.331 e. The average Bonchev–Trinajstić information content (AvgIpc) is 4.44. The normalized spacial score (nSPS) is 50.4. The van der Waals surface area contributed by atoms with Crippen LogP contribution in [0.5, 0.6) is 0 Å². The molecule has 0 radical (unpaired) electrons. The molecule has 9 heteroatoms. The summed E-state index contributed by atoms with van der Waals surface area (Å²) < 4.78 is 6.48. The van der Waals surface area contributed by atoms with E-state index in [9.17, 15) is 20.1 Å². The first kappa shape index (κ1) is 49.9. The zero-order valence-corrected chi connectivity index (χ0v) is 45.1. The smallest absolute Gasteiger partial charge is 0.331 e. The first-order chi connectivity index (χ1) is 37.4. The van der Waals surface area contributed by atoms with Gasteiger partial charge in [0, 0.05) is 65.0 Å². The fourth-order valence-electron chi connectivity index (χ4n) is 23.8. The van der Waals surface area contributed by atoms with E-state index in [1.165, 1.54) is 31.2 Å². The molecule has 406 valence electrons. The van der Waals surface area contributed by atoms with Gasteiger partial charge in [0.05, 0.1) is 29.3 Å². The summed E-state index contributed by atoms with van der Waals surface area (Å²) in [5, 5.41) is 73.5. The number of rotatable bonds is 5. The van der Waals surface area contributed by atoms with E-state index in [1.54, 1.807) is 6.08 Å². The van der Waals surface area contributed by atoms with Gasteiger partial charge in [0.2, 0.25) is 0 Å². The molecule has 23 atom stereocenters. The molecular formula is C68H81NO8. The van der Waals surface area contributed by atoms with Crippen LogP contribution in [-0.2, 0) is 27.4 Å². The molecule has 2 spiro atoms. The summed E-state index contributed by atoms with van der Waals surface area (Å²) in [5.74, 6) is 13.6. The monoisotopic (exact) mass is 1040 g/mol. The van der Waals surface area contributed by atoms with Gasteiger partial charge in [0.1, 0.15) is 18.0 Å². The van der Waals surface area contributed by atoms with Crippen molar-refractivity contribution < 1.29 is 39.9 Å². The number of aliphatic hydroxyl groups excluding tert-OH is 2. The molecule has 9 fully saturated rings. The molecule has 1 heterocycles. The minimum Gasteiger partial charge on any atom is -0.454 e. The van der Waals surface area contributed by atoms with E-state index in [0.29, 0.717) is 75.5 Å². The molecule has 9 bridgehead atoms. The molecule has 13 aliphatic carbocycles. The Morgan fingerprint density at radius 1 is 0.844 bits per heavy atom. The van der Waals surface area contributed by atoms with E-state index in [-0.39, 0.29) is 78.8 Å². The van der Waals surface area contributed by atoms with Crippen LogP contribution in [0, 0.1) is 123 Å². The van der Waals surface area contributed by atoms with Crippen LogP contribution in [0.4, 0.5) is 0 Å². The molecule has 9 nitrogen and oxygen atoms in total. The predicted molar refractivity (Wildman–Crippen MR) is 291 cm³/mol. The number of hydrogen-bond donors (Lipinski definition) is 6. The number of fused-ring (bicyclic) bond motifs is 5. The van der Waals surface area contributed by atoms with Gasteiger partial charge < -0.3 is 40.4 Å². The van der Waals surface area contributed by atoms with Gasteiger partial charge in [-0.05, 0) is 190 Å². The topological polar surface area (TPSA) is 157 Å². The standard InChI is InChI=1S/C68H81NO8/c1-69-57-31-51-41(17-9-20-44(51)36-70)16-7-8-26-64-33-43-19-11-22-49-48(40-12-3-2-4-13-40)23-24-55-50(49)25-27-63(55)37-65(38-71)61(43)66(74,67(64,75)34-45-28-53(57)60-54(59(45)64)32-58(72)77-60)35-46-30-52-42(29-56(62(63)73)68(46,65)76)18-10-21-47(52)39-14-5-6-15-39/h2-4,9-10,12-13,17-18,20,32,38-39,42-43,45-50,52-53,55-57,59-62,69-70,73-76H,5-6,8,14-15,21-31,33-37H2,1H3. The van der Waals surface area contributed by atoms with E-state index in [4.69, 9.17) is 4.74 Å². The third-order valence-electron chi connectivity index (χ3n) is 26.3. The highest BCUT2D eigenvalue weighted by Gasteiger charge is 2.86. The van der Waals surface area contributed by atoms with Crippen LogP contribution in [0.3, 0.4) is 0 Å². The van der Waals surface area contributed by atoms with Gasteiger partial charge >= 0.3 is 5.97 Å². The van der Waals surface area contributed by atoms with Crippen LogP contribution >= 0.6 is 0 Å². The maximum absolute atomic E-state index is 15.7. The van der Waals surface area contributed by atoms with Crippen molar-refractivity contribution in [3.63, 3.8) is 0 Å². The van der Waals surface area contributed by atoms with E-state index < -0.39 is 68.9 Å². The number of benzene rings is 2. The van der Waals surface area contributed by atoms with Gasteiger partial charge in [0.25, 0.3) is 0 Å². The van der Waals surface area contributed by atoms with Gasteiger partial charge in [-0.15, -0.1) is 5.92 Å². The second-order valence-electron chi connectivity index (χ2n) is 28.2. The summed E-state index contributed by atoms with van der Waals surface area (Å²) in [7, 11) is 1.96. The summed E-state index contributed by atoms with van der Waals surface area (Å²) in [4.78, 5) is 29.7. The fraction of sp³-hybridized carbons (Fsp3) is 0.676. The van der Waals surface area contributed by atoms with Gasteiger partial charge in [-0.1, -0.05) is 98.1 Å². The zero-order valence-electron chi connectivity index (χ0n) is 45.1. The van der Waals surface area contributed by atoms with Crippen LogP contribution in [0.15, 0.2) is 72.3 Å². The predicted octanol–water partition coefficient (Wildman–Crippen LogP) is 8.77. The highest BCUT2D eigenvalue weighted by Crippen LogP contribution is 2.81. The Morgan fingerprint density at radius 3 is 2.49 bits per heavy atom. The lowest BCUT2D eigenvalue weighted by molar-refractivity contribution is -0.364. The Kier molecular flexibility index (Phi) is 11.5. The molecule has 23 unspecified atom stereocenters. The number of allylic oxidation sites excluding steroid dienone is 2. The molecule has 1 aliphatic heterocycles. The van der Waals surface area contributed by atoms with Crippen LogP contribution in [0.2, 0.25) is 0 Å². The van der Waals surface area contributed by atoms with E-state index in [1.807, 2.05) is 25.2 Å². The van der Waals surface area contributed by atoms with Gasteiger partial charge in [-0.25, -0.2) is 4.79 Å². The number of aliphatic hydroxyl groups is 5. The maximum atomic E-state index is 15.7. The average molecular weight is 1040 g/mol. The Labute approximate surface area is 455 Å². The molecule has 16 rings (SSSR count). The Morgan fingerprint density at radius 2 is 1.69 bits per heavy atom.